The maximum atomic E-state index is 9.03. The molecule has 1 heterocycles. The van der Waals surface area contributed by atoms with Gasteiger partial charge in [0.05, 0.1) is 6.21 Å². The molecule has 0 amide bonds. The molecule has 0 unspecified atom stereocenters. The van der Waals surface area contributed by atoms with Gasteiger partial charge in [0, 0.05) is 12.1 Å². The summed E-state index contributed by atoms with van der Waals surface area (Å²) in [6, 6.07) is 17.0. The summed E-state index contributed by atoms with van der Waals surface area (Å²) in [5.41, 5.74) is 13.1. The van der Waals surface area contributed by atoms with Crippen LogP contribution in [0.15, 0.2) is 65.0 Å². The molecule has 3 rings (SSSR count). The smallest absolute Gasteiger partial charge is 0.0713 e. The van der Waals surface area contributed by atoms with E-state index in [2.05, 4.69) is 65.9 Å². The van der Waals surface area contributed by atoms with Crippen LogP contribution in [0.2, 0.25) is 0 Å². The summed E-state index contributed by atoms with van der Waals surface area (Å²) in [4.78, 5) is 0. The normalized spacial score (nSPS) is 16.7. The Kier molecular flexibility index (Phi) is 6.08. The molecular formula is C22H27N3O. The fourth-order valence-corrected chi connectivity index (χ4v) is 3.67. The van der Waals surface area contributed by atoms with Gasteiger partial charge in [0.1, 0.15) is 0 Å². The number of hydrogen-bond acceptors (Lipinski definition) is 4. The molecule has 0 spiro atoms. The third-order valence-electron chi connectivity index (χ3n) is 5.15. The highest BCUT2D eigenvalue weighted by molar-refractivity contribution is 5.80. The first-order valence-corrected chi connectivity index (χ1v) is 9.20. The van der Waals surface area contributed by atoms with Crippen LogP contribution in [-0.4, -0.2) is 24.5 Å². The standard InChI is InChI=1S/C22H27N3O/c1-16-4-2-3-5-20(16)18-8-6-17(7-9-18)14-22(23)21(15-25-26)19-10-12-24-13-11-19/h2-9,15,19,24,26H,10-14,23H2,1H3/b22-21+,25-15+. The van der Waals surface area contributed by atoms with Crippen molar-refractivity contribution in [1.82, 2.24) is 5.32 Å². The van der Waals surface area contributed by atoms with Gasteiger partial charge in [0.25, 0.3) is 0 Å². The van der Waals surface area contributed by atoms with Crippen LogP contribution in [0.25, 0.3) is 11.1 Å². The third-order valence-corrected chi connectivity index (χ3v) is 5.15. The van der Waals surface area contributed by atoms with Crippen molar-refractivity contribution in [3.05, 3.63) is 70.9 Å². The van der Waals surface area contributed by atoms with Gasteiger partial charge in [-0.3, -0.25) is 0 Å². The summed E-state index contributed by atoms with van der Waals surface area (Å²) in [7, 11) is 0. The Morgan fingerprint density at radius 3 is 2.50 bits per heavy atom. The number of rotatable bonds is 5. The van der Waals surface area contributed by atoms with Crippen LogP contribution in [0.3, 0.4) is 0 Å². The van der Waals surface area contributed by atoms with E-state index in [1.54, 1.807) is 0 Å². The van der Waals surface area contributed by atoms with Crippen molar-refractivity contribution < 1.29 is 5.21 Å². The highest BCUT2D eigenvalue weighted by atomic mass is 16.4. The topological polar surface area (TPSA) is 70.6 Å². The van der Waals surface area contributed by atoms with Gasteiger partial charge < -0.3 is 16.3 Å². The molecule has 26 heavy (non-hydrogen) atoms. The molecule has 2 aromatic rings. The van der Waals surface area contributed by atoms with Crippen molar-refractivity contribution >= 4 is 6.21 Å². The number of nitrogens with one attached hydrogen (secondary N) is 1. The summed E-state index contributed by atoms with van der Waals surface area (Å²) in [5, 5.41) is 15.6. The molecule has 0 radical (unpaired) electrons. The monoisotopic (exact) mass is 349 g/mol. The second kappa shape index (κ2) is 8.68. The highest BCUT2D eigenvalue weighted by Gasteiger charge is 2.19. The Bertz CT molecular complexity index is 787. The van der Waals surface area contributed by atoms with Crippen LogP contribution < -0.4 is 11.1 Å². The maximum Gasteiger partial charge on any atom is 0.0713 e. The molecule has 0 aromatic heterocycles. The van der Waals surface area contributed by atoms with E-state index < -0.39 is 0 Å². The van der Waals surface area contributed by atoms with E-state index in [0.717, 1.165) is 42.8 Å². The van der Waals surface area contributed by atoms with Crippen LogP contribution in [0.4, 0.5) is 0 Å². The molecule has 0 atom stereocenters. The zero-order valence-electron chi connectivity index (χ0n) is 15.3. The van der Waals surface area contributed by atoms with E-state index in [9.17, 15) is 0 Å². The van der Waals surface area contributed by atoms with Gasteiger partial charge in [0.2, 0.25) is 0 Å². The molecule has 4 heteroatoms. The van der Waals surface area contributed by atoms with Crippen LogP contribution in [-0.2, 0) is 6.42 Å². The Morgan fingerprint density at radius 1 is 1.15 bits per heavy atom. The molecule has 0 saturated carbocycles. The summed E-state index contributed by atoms with van der Waals surface area (Å²) in [6.07, 6.45) is 4.23. The van der Waals surface area contributed by atoms with Gasteiger partial charge in [-0.05, 0) is 66.6 Å². The second-order valence-corrected chi connectivity index (χ2v) is 6.94. The van der Waals surface area contributed by atoms with Crippen molar-refractivity contribution in [2.45, 2.75) is 26.2 Å². The molecule has 4 N–H and O–H groups in total. The van der Waals surface area contributed by atoms with Gasteiger partial charge in [0.15, 0.2) is 0 Å². The largest absolute Gasteiger partial charge is 0.411 e. The zero-order chi connectivity index (χ0) is 18.4. The molecular weight excluding hydrogens is 322 g/mol. The van der Waals surface area contributed by atoms with E-state index >= 15 is 0 Å². The van der Waals surface area contributed by atoms with Gasteiger partial charge in [-0.15, -0.1) is 0 Å². The molecule has 1 saturated heterocycles. The number of oxime groups is 1. The Morgan fingerprint density at radius 2 is 1.85 bits per heavy atom. The van der Waals surface area contributed by atoms with Crippen molar-refractivity contribution in [2.75, 3.05) is 13.1 Å². The fourth-order valence-electron chi connectivity index (χ4n) is 3.67. The number of allylic oxidation sites excluding steroid dienone is 2. The molecule has 0 aliphatic carbocycles. The first-order valence-electron chi connectivity index (χ1n) is 9.20. The van der Waals surface area contributed by atoms with Crippen molar-refractivity contribution in [1.29, 1.82) is 0 Å². The Hall–Kier alpha value is -2.59. The minimum atomic E-state index is 0.360. The first-order chi connectivity index (χ1) is 12.7. The third kappa shape index (κ3) is 4.33. The summed E-state index contributed by atoms with van der Waals surface area (Å²) in [6.45, 7) is 4.08. The van der Waals surface area contributed by atoms with Crippen LogP contribution in [0.5, 0.6) is 0 Å². The molecule has 0 bridgehead atoms. The molecule has 1 fully saturated rings. The van der Waals surface area contributed by atoms with E-state index in [4.69, 9.17) is 10.9 Å². The average molecular weight is 349 g/mol. The van der Waals surface area contributed by atoms with E-state index in [1.165, 1.54) is 22.9 Å². The zero-order valence-corrected chi connectivity index (χ0v) is 15.3. The second-order valence-electron chi connectivity index (χ2n) is 6.94. The van der Waals surface area contributed by atoms with E-state index in [-0.39, 0.29) is 0 Å². The van der Waals surface area contributed by atoms with Gasteiger partial charge in [-0.2, -0.15) is 0 Å². The molecule has 1 aliphatic rings. The fraction of sp³-hybridized carbons (Fsp3) is 0.318. The maximum absolute atomic E-state index is 9.03. The quantitative estimate of drug-likeness (QED) is 0.436. The number of aryl methyl sites for hydroxylation is 1. The lowest BCUT2D eigenvalue weighted by atomic mass is 9.88. The number of nitrogens with two attached hydrogens (primary N) is 1. The number of piperidine rings is 1. The lowest BCUT2D eigenvalue weighted by molar-refractivity contribution is 0.320. The van der Waals surface area contributed by atoms with Crippen LogP contribution in [0.1, 0.15) is 24.0 Å². The predicted molar refractivity (Wildman–Crippen MR) is 107 cm³/mol. The first kappa shape index (κ1) is 18.2. The molecule has 136 valence electrons. The molecule has 1 aliphatic heterocycles. The van der Waals surface area contributed by atoms with Crippen molar-refractivity contribution in [3.63, 3.8) is 0 Å². The lowest BCUT2D eigenvalue weighted by Gasteiger charge is -2.24. The van der Waals surface area contributed by atoms with Crippen LogP contribution in [0, 0.1) is 12.8 Å². The number of nitrogens with zero attached hydrogens (tertiary/aromatic N) is 1. The van der Waals surface area contributed by atoms with E-state index in [1.807, 2.05) is 0 Å². The highest BCUT2D eigenvalue weighted by Crippen LogP contribution is 2.25. The predicted octanol–water partition coefficient (Wildman–Crippen LogP) is 3.88. The summed E-state index contributed by atoms with van der Waals surface area (Å²) < 4.78 is 0. The van der Waals surface area contributed by atoms with Crippen molar-refractivity contribution in [2.24, 2.45) is 16.8 Å². The van der Waals surface area contributed by atoms with Gasteiger partial charge in [-0.1, -0.05) is 53.7 Å². The Labute approximate surface area is 155 Å². The van der Waals surface area contributed by atoms with E-state index in [0.29, 0.717) is 12.3 Å². The number of benzene rings is 2. The number of hydrogen-bond donors (Lipinski definition) is 3. The van der Waals surface area contributed by atoms with Crippen LogP contribution >= 0.6 is 0 Å². The molecule has 4 nitrogen and oxygen atoms in total. The average Bonchev–Trinajstić information content (AvgIpc) is 2.68. The van der Waals surface area contributed by atoms with Crippen molar-refractivity contribution in [3.8, 4) is 11.1 Å². The minimum absolute atomic E-state index is 0.360. The molecule has 2 aromatic carbocycles. The summed E-state index contributed by atoms with van der Waals surface area (Å²) in [5.74, 6) is 0.360. The summed E-state index contributed by atoms with van der Waals surface area (Å²) >= 11 is 0. The van der Waals surface area contributed by atoms with Gasteiger partial charge in [-0.25, -0.2) is 0 Å². The SMILES string of the molecule is Cc1ccccc1-c1ccc(C/C(N)=C(/C=N/O)C2CCNCC2)cc1. The lowest BCUT2D eigenvalue weighted by Crippen LogP contribution is -2.30. The Balaban J connectivity index is 1.79. The minimum Gasteiger partial charge on any atom is -0.411 e. The van der Waals surface area contributed by atoms with Gasteiger partial charge >= 0.3 is 0 Å².